The highest BCUT2D eigenvalue weighted by atomic mass is 32.2. The fraction of sp³-hybridized carbons (Fsp3) is 0.333. The molecule has 0 aromatic heterocycles. The minimum Gasteiger partial charge on any atom is -0.450 e. The third-order valence-electron chi connectivity index (χ3n) is 4.16. The van der Waals surface area contributed by atoms with Crippen LogP contribution in [0.5, 0.6) is 11.5 Å². The van der Waals surface area contributed by atoms with Crippen molar-refractivity contribution >= 4 is 15.7 Å². The molecule has 2 aromatic carbocycles. The van der Waals surface area contributed by atoms with Crippen LogP contribution in [0.4, 0.5) is 5.69 Å². The summed E-state index contributed by atoms with van der Waals surface area (Å²) in [5.74, 6) is 0.449. The third kappa shape index (κ3) is 4.26. The molecule has 1 aliphatic rings. The summed E-state index contributed by atoms with van der Waals surface area (Å²) in [6.45, 7) is 4.83. The molecule has 0 spiro atoms. The molecule has 0 aliphatic carbocycles. The Morgan fingerprint density at radius 2 is 1.70 bits per heavy atom. The van der Waals surface area contributed by atoms with E-state index in [0.717, 1.165) is 17.2 Å². The second-order valence-corrected chi connectivity index (χ2v) is 8.27. The lowest BCUT2D eigenvalue weighted by Gasteiger charge is -2.26. The van der Waals surface area contributed by atoms with Crippen LogP contribution in [0.25, 0.3) is 0 Å². The molecular weight excluding hydrogens is 372 g/mol. The zero-order chi connectivity index (χ0) is 19.6. The van der Waals surface area contributed by atoms with Gasteiger partial charge in [-0.25, -0.2) is 8.42 Å². The predicted octanol–water partition coefficient (Wildman–Crippen LogP) is 3.02. The van der Waals surface area contributed by atoms with Gasteiger partial charge in [0.25, 0.3) is 0 Å². The van der Waals surface area contributed by atoms with Crippen molar-refractivity contribution < 1.29 is 22.8 Å². The molecule has 0 bridgehead atoms. The number of sulfonamides is 1. The molecule has 8 nitrogen and oxygen atoms in total. The van der Waals surface area contributed by atoms with E-state index in [4.69, 9.17) is 9.47 Å². The number of nitro benzene ring substituents is 1. The van der Waals surface area contributed by atoms with E-state index in [1.807, 2.05) is 19.9 Å². The summed E-state index contributed by atoms with van der Waals surface area (Å²) < 4.78 is 37.6. The van der Waals surface area contributed by atoms with Gasteiger partial charge in [-0.05, 0) is 49.2 Å². The first-order valence-electron chi connectivity index (χ1n) is 8.40. The van der Waals surface area contributed by atoms with Gasteiger partial charge in [-0.1, -0.05) is 6.07 Å². The first kappa shape index (κ1) is 19.3. The minimum absolute atomic E-state index is 0.00840. The summed E-state index contributed by atoms with van der Waals surface area (Å²) in [5.41, 5.74) is 1.52. The van der Waals surface area contributed by atoms with Crippen LogP contribution >= 0.6 is 0 Å². The number of rotatable bonds is 5. The molecule has 144 valence electrons. The Hall–Kier alpha value is -2.49. The number of hydrogen-bond donors (Lipinski definition) is 0. The number of ether oxygens (including phenoxy) is 2. The molecule has 2 aromatic rings. The van der Waals surface area contributed by atoms with Crippen LogP contribution in [-0.4, -0.2) is 43.9 Å². The van der Waals surface area contributed by atoms with Gasteiger partial charge in [-0.15, -0.1) is 0 Å². The maximum absolute atomic E-state index is 12.7. The van der Waals surface area contributed by atoms with Crippen LogP contribution in [0.2, 0.25) is 0 Å². The highest BCUT2D eigenvalue weighted by Gasteiger charge is 2.29. The van der Waals surface area contributed by atoms with Gasteiger partial charge in [0.1, 0.15) is 5.75 Å². The Balaban J connectivity index is 1.96. The molecule has 1 aliphatic heterocycles. The number of hydrogen-bond acceptors (Lipinski definition) is 6. The fourth-order valence-electron chi connectivity index (χ4n) is 2.94. The lowest BCUT2D eigenvalue weighted by atomic mass is 10.1. The van der Waals surface area contributed by atoms with E-state index in [0.29, 0.717) is 19.0 Å². The SMILES string of the molecule is Cc1cc(C)cc(Oc2ccc(S(=O)(=O)N3CCOCC3)cc2[N+](=O)[O-])c1. The summed E-state index contributed by atoms with van der Waals surface area (Å²) >= 11 is 0. The highest BCUT2D eigenvalue weighted by molar-refractivity contribution is 7.89. The van der Waals surface area contributed by atoms with E-state index in [1.54, 1.807) is 12.1 Å². The zero-order valence-corrected chi connectivity index (χ0v) is 15.9. The third-order valence-corrected chi connectivity index (χ3v) is 6.05. The molecule has 0 amide bonds. The van der Waals surface area contributed by atoms with Crippen molar-refractivity contribution in [2.45, 2.75) is 18.7 Å². The monoisotopic (exact) mass is 392 g/mol. The first-order chi connectivity index (χ1) is 12.8. The quantitative estimate of drug-likeness (QED) is 0.573. The molecule has 0 atom stereocenters. The summed E-state index contributed by atoms with van der Waals surface area (Å²) in [4.78, 5) is 10.7. The molecule has 1 saturated heterocycles. The van der Waals surface area contributed by atoms with Crippen LogP contribution in [0.15, 0.2) is 41.3 Å². The average Bonchev–Trinajstić information content (AvgIpc) is 2.61. The first-order valence-corrected chi connectivity index (χ1v) is 9.84. The van der Waals surface area contributed by atoms with Crippen molar-refractivity contribution in [3.8, 4) is 11.5 Å². The second-order valence-electron chi connectivity index (χ2n) is 6.33. The zero-order valence-electron chi connectivity index (χ0n) is 15.0. The molecule has 27 heavy (non-hydrogen) atoms. The van der Waals surface area contributed by atoms with Gasteiger partial charge in [0.05, 0.1) is 23.0 Å². The molecule has 1 fully saturated rings. The molecule has 0 saturated carbocycles. The van der Waals surface area contributed by atoms with Crippen molar-refractivity contribution in [2.24, 2.45) is 0 Å². The lowest BCUT2D eigenvalue weighted by molar-refractivity contribution is -0.385. The summed E-state index contributed by atoms with van der Waals surface area (Å²) in [7, 11) is -3.83. The minimum atomic E-state index is -3.83. The maximum atomic E-state index is 12.7. The van der Waals surface area contributed by atoms with Crippen molar-refractivity contribution in [3.63, 3.8) is 0 Å². The standard InChI is InChI=1S/C18H20N2O6S/c1-13-9-14(2)11-15(10-13)26-18-4-3-16(12-17(18)20(21)22)27(23,24)19-5-7-25-8-6-19/h3-4,9-12H,5-8H2,1-2H3. The Labute approximate surface area is 157 Å². The van der Waals surface area contributed by atoms with Crippen LogP contribution in [-0.2, 0) is 14.8 Å². The van der Waals surface area contributed by atoms with Crippen LogP contribution in [0.3, 0.4) is 0 Å². The predicted molar refractivity (Wildman–Crippen MR) is 98.7 cm³/mol. The van der Waals surface area contributed by atoms with Gasteiger partial charge in [0.2, 0.25) is 15.8 Å². The lowest BCUT2D eigenvalue weighted by Crippen LogP contribution is -2.40. The van der Waals surface area contributed by atoms with Gasteiger partial charge >= 0.3 is 5.69 Å². The molecular formula is C18H20N2O6S. The number of aryl methyl sites for hydroxylation is 2. The van der Waals surface area contributed by atoms with E-state index >= 15 is 0 Å². The fourth-order valence-corrected chi connectivity index (χ4v) is 4.37. The Morgan fingerprint density at radius 1 is 1.07 bits per heavy atom. The largest absolute Gasteiger partial charge is 0.450 e. The Morgan fingerprint density at radius 3 is 2.30 bits per heavy atom. The van der Waals surface area contributed by atoms with Crippen LogP contribution in [0.1, 0.15) is 11.1 Å². The number of morpholine rings is 1. The highest BCUT2D eigenvalue weighted by Crippen LogP contribution is 2.34. The van der Waals surface area contributed by atoms with Gasteiger partial charge in [-0.3, -0.25) is 10.1 Å². The number of nitro groups is 1. The van der Waals surface area contributed by atoms with Crippen molar-refractivity contribution in [3.05, 3.63) is 57.6 Å². The smallest absolute Gasteiger partial charge is 0.312 e. The average molecular weight is 392 g/mol. The topological polar surface area (TPSA) is 99.0 Å². The van der Waals surface area contributed by atoms with Crippen molar-refractivity contribution in [1.82, 2.24) is 4.31 Å². The van der Waals surface area contributed by atoms with Gasteiger partial charge in [-0.2, -0.15) is 4.31 Å². The van der Waals surface area contributed by atoms with E-state index in [1.165, 1.54) is 16.4 Å². The Kier molecular flexibility index (Phi) is 5.45. The molecule has 1 heterocycles. The van der Waals surface area contributed by atoms with E-state index in [-0.39, 0.29) is 23.7 Å². The molecule has 0 unspecified atom stereocenters. The number of nitrogens with zero attached hydrogens (tertiary/aromatic N) is 2. The van der Waals surface area contributed by atoms with Crippen LogP contribution < -0.4 is 4.74 Å². The van der Waals surface area contributed by atoms with Crippen molar-refractivity contribution in [2.75, 3.05) is 26.3 Å². The van der Waals surface area contributed by atoms with E-state index in [2.05, 4.69) is 0 Å². The van der Waals surface area contributed by atoms with Gasteiger partial charge < -0.3 is 9.47 Å². The number of benzene rings is 2. The van der Waals surface area contributed by atoms with Gasteiger partial charge in [0.15, 0.2) is 0 Å². The molecule has 0 radical (unpaired) electrons. The molecule has 3 rings (SSSR count). The van der Waals surface area contributed by atoms with E-state index in [9.17, 15) is 18.5 Å². The maximum Gasteiger partial charge on any atom is 0.312 e. The van der Waals surface area contributed by atoms with E-state index < -0.39 is 20.6 Å². The second kappa shape index (κ2) is 7.63. The van der Waals surface area contributed by atoms with Crippen LogP contribution in [0, 0.1) is 24.0 Å². The van der Waals surface area contributed by atoms with Gasteiger partial charge in [0, 0.05) is 19.2 Å². The van der Waals surface area contributed by atoms with Crippen molar-refractivity contribution in [1.29, 1.82) is 0 Å². The molecule has 9 heteroatoms. The summed E-state index contributed by atoms with van der Waals surface area (Å²) in [5, 5.41) is 11.5. The summed E-state index contributed by atoms with van der Waals surface area (Å²) in [6.07, 6.45) is 0. The summed E-state index contributed by atoms with van der Waals surface area (Å²) in [6, 6.07) is 9.17. The Bertz CT molecular complexity index is 948. The normalized spacial score (nSPS) is 15.5. The molecule has 0 N–H and O–H groups in total.